The molecule has 0 radical (unpaired) electrons. The molecule has 2 saturated heterocycles. The Balaban J connectivity index is 1.47. The first-order chi connectivity index (χ1) is 26.4. The molecule has 0 spiro atoms. The summed E-state index contributed by atoms with van der Waals surface area (Å²) < 4.78 is 33.8. The molecule has 0 aliphatic carbocycles. The second-order valence-corrected chi connectivity index (χ2v) is 14.6. The van der Waals surface area contributed by atoms with Crippen LogP contribution < -0.4 is 30.0 Å². The molecular formula is C40H52N4O12. The minimum absolute atomic E-state index is 0.0121. The van der Waals surface area contributed by atoms with Crippen LogP contribution >= 0.6 is 0 Å². The lowest BCUT2D eigenvalue weighted by molar-refractivity contribution is -0.142. The topological polar surface area (TPSA) is 205 Å². The van der Waals surface area contributed by atoms with Crippen LogP contribution in [0.4, 0.5) is 16.2 Å². The summed E-state index contributed by atoms with van der Waals surface area (Å²) >= 11 is 0. The molecule has 16 heteroatoms. The molecule has 2 aliphatic rings. The van der Waals surface area contributed by atoms with Gasteiger partial charge in [0.1, 0.15) is 12.2 Å². The maximum absolute atomic E-state index is 14.0. The fourth-order valence-electron chi connectivity index (χ4n) is 6.43. The van der Waals surface area contributed by atoms with Crippen molar-refractivity contribution in [1.29, 1.82) is 0 Å². The van der Waals surface area contributed by atoms with Gasteiger partial charge < -0.3 is 49.1 Å². The Morgan fingerprint density at radius 2 is 1.38 bits per heavy atom. The second kappa shape index (κ2) is 18.6. The van der Waals surface area contributed by atoms with Crippen LogP contribution in [-0.4, -0.2) is 110 Å². The first-order valence-electron chi connectivity index (χ1n) is 18.2. The summed E-state index contributed by atoms with van der Waals surface area (Å²) in [5.74, 6) is -1.19. The van der Waals surface area contributed by atoms with E-state index in [0.29, 0.717) is 38.0 Å². The zero-order valence-corrected chi connectivity index (χ0v) is 32.9. The number of hydrogen-bond donors (Lipinski definition) is 3. The Morgan fingerprint density at radius 3 is 1.93 bits per heavy atom. The molecule has 56 heavy (non-hydrogen) atoms. The van der Waals surface area contributed by atoms with Gasteiger partial charge in [-0.05, 0) is 52.2 Å². The molecule has 2 heterocycles. The third kappa shape index (κ3) is 11.3. The number of nitrogens with two attached hydrogens (primary N) is 1. The number of carbonyl (C=O) groups excluding carboxylic acids is 4. The predicted octanol–water partition coefficient (Wildman–Crippen LogP) is 5.45. The molecule has 2 aromatic carbocycles. The highest BCUT2D eigenvalue weighted by atomic mass is 16.6. The molecule has 0 aromatic heterocycles. The number of carbonyl (C=O) groups is 5. The van der Waals surface area contributed by atoms with Crippen molar-refractivity contribution in [2.75, 3.05) is 58.2 Å². The lowest BCUT2D eigenvalue weighted by Gasteiger charge is -2.26. The number of methoxy groups -OCH3 is 2. The van der Waals surface area contributed by atoms with Crippen molar-refractivity contribution in [3.63, 3.8) is 0 Å². The van der Waals surface area contributed by atoms with Gasteiger partial charge in [-0.1, -0.05) is 24.3 Å². The molecule has 0 unspecified atom stereocenters. The van der Waals surface area contributed by atoms with Crippen molar-refractivity contribution in [3.8, 4) is 23.0 Å². The van der Waals surface area contributed by atoms with Gasteiger partial charge in [-0.3, -0.25) is 24.5 Å². The molecule has 0 bridgehead atoms. The third-order valence-corrected chi connectivity index (χ3v) is 8.95. The number of nitrogen functional groups attached to an aromatic ring is 1. The fraction of sp³-hybridized carbons (Fsp3) is 0.475. The molecule has 4 N–H and O–H groups in total. The van der Waals surface area contributed by atoms with E-state index < -0.39 is 35.6 Å². The highest BCUT2D eigenvalue weighted by molar-refractivity contribution is 6.04. The summed E-state index contributed by atoms with van der Waals surface area (Å²) in [5, 5.41) is 11.8. The molecule has 3 amide bonds. The van der Waals surface area contributed by atoms with Crippen molar-refractivity contribution in [2.24, 2.45) is 0 Å². The van der Waals surface area contributed by atoms with Gasteiger partial charge in [0.05, 0.1) is 50.3 Å². The number of rotatable bonds is 16. The SMILES string of the molecule is C=C1C[C@H](CCC(=O)O)N(C(=O)c2cc(OC)c(OCCCOc3cc(NC(=O)OC(C)(C)C)c(C(=O)N4CC(=C)C[C@H]4COC(C)=O)cc3OC)cc2N)C1. The van der Waals surface area contributed by atoms with Crippen LogP contribution in [0.25, 0.3) is 0 Å². The van der Waals surface area contributed by atoms with Gasteiger partial charge >= 0.3 is 18.0 Å². The minimum Gasteiger partial charge on any atom is -0.493 e. The Hall–Kier alpha value is -5.93. The van der Waals surface area contributed by atoms with Crippen LogP contribution in [0.2, 0.25) is 0 Å². The number of anilines is 2. The molecule has 2 aliphatic heterocycles. The van der Waals surface area contributed by atoms with Crippen LogP contribution in [0.15, 0.2) is 48.6 Å². The molecule has 304 valence electrons. The zero-order chi connectivity index (χ0) is 41.3. The van der Waals surface area contributed by atoms with Gasteiger partial charge in [0, 0.05) is 56.7 Å². The Labute approximate surface area is 326 Å². The molecule has 2 fully saturated rings. The summed E-state index contributed by atoms with van der Waals surface area (Å²) in [6.07, 6.45) is 0.754. The lowest BCUT2D eigenvalue weighted by Crippen LogP contribution is -2.39. The minimum atomic E-state index is -0.940. The average Bonchev–Trinajstić information content (AvgIpc) is 3.69. The summed E-state index contributed by atoms with van der Waals surface area (Å²) in [5.41, 5.74) is 7.70. The van der Waals surface area contributed by atoms with Gasteiger partial charge in [0.15, 0.2) is 23.0 Å². The van der Waals surface area contributed by atoms with Crippen LogP contribution in [0.3, 0.4) is 0 Å². The highest BCUT2D eigenvalue weighted by Gasteiger charge is 2.35. The molecule has 2 aromatic rings. The first kappa shape index (κ1) is 42.8. The van der Waals surface area contributed by atoms with E-state index in [-0.39, 0.29) is 84.5 Å². The summed E-state index contributed by atoms with van der Waals surface area (Å²) in [6.45, 7) is 15.2. The number of likely N-dealkylation sites (tertiary alicyclic amines) is 2. The molecular weight excluding hydrogens is 728 g/mol. The molecule has 2 atom stereocenters. The smallest absolute Gasteiger partial charge is 0.412 e. The lowest BCUT2D eigenvalue weighted by atomic mass is 10.1. The van der Waals surface area contributed by atoms with E-state index in [1.807, 2.05) is 0 Å². The monoisotopic (exact) mass is 780 g/mol. The van der Waals surface area contributed by atoms with Gasteiger partial charge in [0.2, 0.25) is 0 Å². The number of amides is 3. The fourth-order valence-corrected chi connectivity index (χ4v) is 6.43. The van der Waals surface area contributed by atoms with Crippen molar-refractivity contribution < 1.29 is 57.5 Å². The highest BCUT2D eigenvalue weighted by Crippen LogP contribution is 2.38. The largest absolute Gasteiger partial charge is 0.493 e. The van der Waals surface area contributed by atoms with E-state index in [1.165, 1.54) is 50.3 Å². The number of nitrogens with zero attached hydrogens (tertiary/aromatic N) is 2. The van der Waals surface area contributed by atoms with Crippen LogP contribution in [0, 0.1) is 0 Å². The van der Waals surface area contributed by atoms with E-state index in [1.54, 1.807) is 25.7 Å². The summed E-state index contributed by atoms with van der Waals surface area (Å²) in [6, 6.07) is 5.20. The van der Waals surface area contributed by atoms with Crippen molar-refractivity contribution >= 4 is 41.2 Å². The summed E-state index contributed by atoms with van der Waals surface area (Å²) in [4.78, 5) is 66.3. The van der Waals surface area contributed by atoms with Gasteiger partial charge in [0.25, 0.3) is 11.8 Å². The third-order valence-electron chi connectivity index (χ3n) is 8.95. The number of benzene rings is 2. The number of carboxylic acids is 1. The van der Waals surface area contributed by atoms with Gasteiger partial charge in [-0.15, -0.1) is 0 Å². The molecule has 16 nitrogen and oxygen atoms in total. The second-order valence-electron chi connectivity index (χ2n) is 14.6. The zero-order valence-electron chi connectivity index (χ0n) is 32.9. The number of carboxylic acid groups (broad SMARTS) is 1. The number of nitrogens with one attached hydrogen (secondary N) is 1. The standard InChI is InChI=1S/C40H52N4O12/c1-23-14-26(10-11-36(46)47)43(20-23)37(48)28-16-32(51-7)34(18-30(28)41)53-12-9-13-54-35-19-31(42-39(50)56-40(4,5)6)29(17-33(35)52-8)38(49)44-21-24(2)15-27(44)22-55-25(3)45/h16-19,26-27H,1-2,9-15,20-22,41H2,3-8H3,(H,42,50)(H,46,47)/t26-,27-/m0/s1. The van der Waals surface area contributed by atoms with Gasteiger partial charge in [-0.2, -0.15) is 0 Å². The van der Waals surface area contributed by atoms with Crippen molar-refractivity contribution in [3.05, 3.63) is 59.7 Å². The van der Waals surface area contributed by atoms with Gasteiger partial charge in [-0.25, -0.2) is 4.79 Å². The Kier molecular flexibility index (Phi) is 14.2. The number of ether oxygens (including phenoxy) is 6. The first-order valence-corrected chi connectivity index (χ1v) is 18.2. The molecule has 0 saturated carbocycles. The number of hydrogen-bond acceptors (Lipinski definition) is 12. The van der Waals surface area contributed by atoms with E-state index >= 15 is 0 Å². The van der Waals surface area contributed by atoms with Crippen molar-refractivity contribution in [2.45, 2.75) is 77.5 Å². The normalized spacial score (nSPS) is 16.7. The maximum Gasteiger partial charge on any atom is 0.412 e. The Bertz CT molecular complexity index is 1850. The van der Waals surface area contributed by atoms with Crippen LogP contribution in [0.1, 0.15) is 80.5 Å². The predicted molar refractivity (Wildman–Crippen MR) is 207 cm³/mol. The van der Waals surface area contributed by atoms with Crippen LogP contribution in [0.5, 0.6) is 23.0 Å². The average molecular weight is 781 g/mol. The van der Waals surface area contributed by atoms with E-state index in [2.05, 4.69) is 18.5 Å². The quantitative estimate of drug-likeness (QED) is 0.0840. The Morgan fingerprint density at radius 1 is 0.839 bits per heavy atom. The molecule has 4 rings (SSSR count). The van der Waals surface area contributed by atoms with E-state index in [4.69, 9.17) is 39.3 Å². The van der Waals surface area contributed by atoms with E-state index in [0.717, 1.165) is 11.1 Å². The van der Waals surface area contributed by atoms with Crippen LogP contribution in [-0.2, 0) is 19.1 Å². The maximum atomic E-state index is 14.0. The summed E-state index contributed by atoms with van der Waals surface area (Å²) in [7, 11) is 2.86. The number of esters is 1. The van der Waals surface area contributed by atoms with Crippen molar-refractivity contribution in [1.82, 2.24) is 9.80 Å². The van der Waals surface area contributed by atoms with E-state index in [9.17, 15) is 24.0 Å². The number of aliphatic carboxylic acids is 1.